The number of fused-ring (bicyclic) bond motifs is 3. The molecule has 164 valence electrons. The minimum absolute atomic E-state index is 0.223. The average Bonchev–Trinajstić information content (AvgIpc) is 3.26. The minimum atomic E-state index is -0.411. The summed E-state index contributed by atoms with van der Waals surface area (Å²) in [5.74, 6) is 0. The normalized spacial score (nSPS) is 20.5. The van der Waals surface area contributed by atoms with Crippen LogP contribution in [0.15, 0.2) is 51.9 Å². The summed E-state index contributed by atoms with van der Waals surface area (Å²) in [5.41, 5.74) is 2.35. The van der Waals surface area contributed by atoms with Crippen molar-refractivity contribution in [3.63, 3.8) is 0 Å². The van der Waals surface area contributed by atoms with Crippen LogP contribution in [0.3, 0.4) is 0 Å². The maximum absolute atomic E-state index is 11.0. The van der Waals surface area contributed by atoms with E-state index in [-0.39, 0.29) is 4.75 Å². The van der Waals surface area contributed by atoms with E-state index in [1.807, 2.05) is 11.8 Å². The smallest absolute Gasteiger partial charge is 0.159 e. The van der Waals surface area contributed by atoms with E-state index in [1.54, 1.807) is 0 Å². The van der Waals surface area contributed by atoms with Gasteiger partial charge in [-0.25, -0.2) is 0 Å². The van der Waals surface area contributed by atoms with Crippen LogP contribution < -0.4 is 0 Å². The van der Waals surface area contributed by atoms with Gasteiger partial charge in [0.15, 0.2) is 5.17 Å². The Hall–Kier alpha value is -1.54. The maximum atomic E-state index is 11.0. The second-order valence-corrected chi connectivity index (χ2v) is 11.8. The number of nitrogens with zero attached hydrogens (tertiary/aromatic N) is 4. The summed E-state index contributed by atoms with van der Waals surface area (Å²) in [7, 11) is 0. The van der Waals surface area contributed by atoms with Crippen molar-refractivity contribution in [1.29, 1.82) is 0 Å². The lowest BCUT2D eigenvalue weighted by Crippen LogP contribution is -2.50. The molecule has 7 heteroatoms. The lowest BCUT2D eigenvalue weighted by Gasteiger charge is -2.36. The van der Waals surface area contributed by atoms with E-state index in [2.05, 4.69) is 86.6 Å². The predicted molar refractivity (Wildman–Crippen MR) is 135 cm³/mol. The topological polar surface area (TPSA) is 44.0 Å². The first kappa shape index (κ1) is 21.3. The van der Waals surface area contributed by atoms with Crippen molar-refractivity contribution in [2.45, 2.75) is 31.2 Å². The average molecular weight is 501 g/mol. The number of para-hydroxylation sites is 1. The minimum Gasteiger partial charge on any atom is -0.390 e. The van der Waals surface area contributed by atoms with Gasteiger partial charge in [0.2, 0.25) is 0 Å². The predicted octanol–water partition coefficient (Wildman–Crippen LogP) is 4.42. The molecule has 0 amide bonds. The van der Waals surface area contributed by atoms with Crippen LogP contribution in [0.1, 0.15) is 13.8 Å². The number of thioether (sulfide) groups is 1. The fourth-order valence-electron chi connectivity index (χ4n) is 4.65. The summed E-state index contributed by atoms with van der Waals surface area (Å²) in [5, 5.41) is 14.6. The highest BCUT2D eigenvalue weighted by atomic mass is 79.9. The number of rotatable bonds is 4. The largest absolute Gasteiger partial charge is 0.390 e. The Morgan fingerprint density at radius 3 is 2.52 bits per heavy atom. The first-order chi connectivity index (χ1) is 14.9. The monoisotopic (exact) mass is 500 g/mol. The van der Waals surface area contributed by atoms with Crippen molar-refractivity contribution in [3.8, 4) is 0 Å². The quantitative estimate of drug-likeness (QED) is 0.575. The number of aliphatic imine (C=N–C) groups is 1. The summed E-state index contributed by atoms with van der Waals surface area (Å²) in [6.45, 7) is 10.6. The molecule has 5 rings (SSSR count). The number of hydrogen-bond acceptors (Lipinski definition) is 5. The van der Waals surface area contributed by atoms with Crippen LogP contribution in [0, 0.1) is 0 Å². The van der Waals surface area contributed by atoms with Crippen LogP contribution in [0.5, 0.6) is 0 Å². The molecule has 1 aromatic heterocycles. The van der Waals surface area contributed by atoms with E-state index >= 15 is 0 Å². The van der Waals surface area contributed by atoms with E-state index in [0.717, 1.165) is 37.2 Å². The van der Waals surface area contributed by atoms with Gasteiger partial charge >= 0.3 is 0 Å². The summed E-state index contributed by atoms with van der Waals surface area (Å²) >= 11 is 5.50. The highest BCUT2D eigenvalue weighted by Crippen LogP contribution is 2.34. The number of amidine groups is 1. The van der Waals surface area contributed by atoms with Crippen LogP contribution in [0.25, 0.3) is 21.8 Å². The Bertz CT molecular complexity index is 1130. The van der Waals surface area contributed by atoms with Crippen LogP contribution in [0.2, 0.25) is 0 Å². The molecule has 0 radical (unpaired) electrons. The molecule has 0 unspecified atom stereocenters. The second kappa shape index (κ2) is 8.43. The molecule has 5 nitrogen and oxygen atoms in total. The number of β-amino-alcohol motifs (C(OH)–C–C–N with tert-alkyl or cyclic N) is 1. The van der Waals surface area contributed by atoms with Gasteiger partial charge in [0.05, 0.1) is 19.2 Å². The zero-order valence-electron chi connectivity index (χ0n) is 18.1. The van der Waals surface area contributed by atoms with Gasteiger partial charge in [-0.1, -0.05) is 45.9 Å². The molecule has 2 aromatic carbocycles. The highest BCUT2D eigenvalue weighted by molar-refractivity contribution is 9.10. The molecular weight excluding hydrogens is 472 g/mol. The van der Waals surface area contributed by atoms with E-state index < -0.39 is 6.10 Å². The van der Waals surface area contributed by atoms with Gasteiger partial charge in [-0.3, -0.25) is 9.89 Å². The van der Waals surface area contributed by atoms with Crippen LogP contribution in [0.4, 0.5) is 0 Å². The number of halogens is 1. The zero-order valence-corrected chi connectivity index (χ0v) is 20.5. The Balaban J connectivity index is 1.25. The summed E-state index contributed by atoms with van der Waals surface area (Å²) in [6.07, 6.45) is -0.411. The first-order valence-electron chi connectivity index (χ1n) is 10.9. The lowest BCUT2D eigenvalue weighted by molar-refractivity contribution is 0.0808. The summed E-state index contributed by atoms with van der Waals surface area (Å²) in [6, 6.07) is 14.9. The van der Waals surface area contributed by atoms with E-state index in [1.165, 1.54) is 27.0 Å². The molecule has 3 aromatic rings. The van der Waals surface area contributed by atoms with Gasteiger partial charge in [-0.15, -0.1) is 0 Å². The summed E-state index contributed by atoms with van der Waals surface area (Å²) in [4.78, 5) is 9.54. The molecule has 2 aliphatic heterocycles. The van der Waals surface area contributed by atoms with Gasteiger partial charge in [-0.2, -0.15) is 0 Å². The molecule has 0 saturated carbocycles. The zero-order chi connectivity index (χ0) is 21.6. The molecule has 1 fully saturated rings. The molecule has 31 heavy (non-hydrogen) atoms. The molecule has 1 N–H and O–H groups in total. The number of aromatic nitrogens is 1. The van der Waals surface area contributed by atoms with E-state index in [0.29, 0.717) is 13.1 Å². The van der Waals surface area contributed by atoms with E-state index in [9.17, 15) is 5.11 Å². The van der Waals surface area contributed by atoms with Crippen LogP contribution in [-0.2, 0) is 6.54 Å². The number of hydrogen-bond donors (Lipinski definition) is 1. The third kappa shape index (κ3) is 4.38. The van der Waals surface area contributed by atoms with Crippen molar-refractivity contribution >= 4 is 54.7 Å². The Morgan fingerprint density at radius 1 is 1.03 bits per heavy atom. The number of piperazine rings is 1. The fraction of sp³-hybridized carbons (Fsp3) is 0.458. The Kier molecular flexibility index (Phi) is 5.79. The number of benzene rings is 2. The number of aliphatic hydroxyl groups is 1. The first-order valence-corrected chi connectivity index (χ1v) is 12.6. The SMILES string of the molecule is CC1(C)CN=C(N2CCN(C[C@@H](O)Cn3c4ccccc4c4cc(Br)ccc43)CC2)S1. The molecule has 1 saturated heterocycles. The standard InChI is InChI=1S/C24H29BrN4OS/c1-24(2)16-26-23(31-24)28-11-9-27(10-12-28)14-18(30)15-29-21-6-4-3-5-19(21)20-13-17(25)7-8-22(20)29/h3-8,13,18,30H,9-12,14-16H2,1-2H3/t18-/m1/s1. The molecule has 1 atom stereocenters. The maximum Gasteiger partial charge on any atom is 0.159 e. The number of aliphatic hydroxyl groups excluding tert-OH is 1. The molecule has 3 heterocycles. The molecule has 0 aliphatic carbocycles. The van der Waals surface area contributed by atoms with Crippen molar-refractivity contribution in [2.75, 3.05) is 39.3 Å². The molecule has 0 bridgehead atoms. The molecule has 2 aliphatic rings. The highest BCUT2D eigenvalue weighted by Gasteiger charge is 2.31. The third-order valence-electron chi connectivity index (χ3n) is 6.20. The molecular formula is C24H29BrN4OS. The van der Waals surface area contributed by atoms with Crippen LogP contribution in [-0.4, -0.2) is 74.8 Å². The van der Waals surface area contributed by atoms with Crippen molar-refractivity contribution in [2.24, 2.45) is 4.99 Å². The van der Waals surface area contributed by atoms with E-state index in [4.69, 9.17) is 4.99 Å². The van der Waals surface area contributed by atoms with Gasteiger partial charge < -0.3 is 14.6 Å². The fourth-order valence-corrected chi connectivity index (χ4v) is 6.07. The van der Waals surface area contributed by atoms with Crippen molar-refractivity contribution in [1.82, 2.24) is 14.4 Å². The molecule has 0 spiro atoms. The van der Waals surface area contributed by atoms with Crippen molar-refractivity contribution in [3.05, 3.63) is 46.9 Å². The van der Waals surface area contributed by atoms with Crippen molar-refractivity contribution < 1.29 is 5.11 Å². The van der Waals surface area contributed by atoms with Gasteiger partial charge in [-0.05, 0) is 38.1 Å². The second-order valence-electron chi connectivity index (χ2n) is 9.19. The van der Waals surface area contributed by atoms with Gasteiger partial charge in [0.1, 0.15) is 0 Å². The van der Waals surface area contributed by atoms with Gasteiger partial charge in [0.25, 0.3) is 0 Å². The third-order valence-corrected chi connectivity index (χ3v) is 7.95. The Labute approximate surface area is 196 Å². The van der Waals surface area contributed by atoms with Gasteiger partial charge in [0, 0.05) is 63.7 Å². The Morgan fingerprint density at radius 2 is 1.77 bits per heavy atom. The lowest BCUT2D eigenvalue weighted by atomic mass is 10.2. The summed E-state index contributed by atoms with van der Waals surface area (Å²) < 4.78 is 3.57. The van der Waals surface area contributed by atoms with Crippen LogP contribution >= 0.6 is 27.7 Å².